The number of hydrogen-bond donors (Lipinski definition) is 0. The van der Waals surface area contributed by atoms with Crippen molar-refractivity contribution in [3.63, 3.8) is 0 Å². The van der Waals surface area contributed by atoms with E-state index in [0.717, 1.165) is 0 Å². The molecule has 0 aliphatic carbocycles. The molecule has 0 rings (SSSR count). The first kappa shape index (κ1) is 156. The second-order valence-electron chi connectivity index (χ2n) is 0. The van der Waals surface area contributed by atoms with Gasteiger partial charge in [-0.3, -0.25) is 0 Å². The average Bonchev–Trinajstić information content (AvgIpc) is 1.00. The zero-order valence-electron chi connectivity index (χ0n) is 5.91. The maximum atomic E-state index is 8.39. The third-order valence-electron chi connectivity index (χ3n) is 0. The summed E-state index contributed by atoms with van der Waals surface area (Å²) in [5, 5.41) is 0. The van der Waals surface area contributed by atoms with Gasteiger partial charge in [0.2, 0.25) is 0 Å². The van der Waals surface area contributed by atoms with E-state index in [-0.39, 0.29) is 88.6 Å². The first-order chi connectivity index (χ1) is 1.00. The van der Waals surface area contributed by atoms with Crippen molar-refractivity contribution in [2.24, 2.45) is 0 Å². The van der Waals surface area contributed by atoms with Crippen LogP contribution in [0.5, 0.6) is 0 Å². The molecule has 0 unspecified atom stereocenters. The first-order valence-corrected chi connectivity index (χ1v) is 1.79. The molecule has 0 amide bonds. The SMILES string of the molecule is O.O.O.O.O.O.[H-].[Na+].[O]=[BiH]. The average molecular weight is 358 g/mol. The van der Waals surface area contributed by atoms with Crippen LogP contribution in [-0.2, 0) is 2.81 Å². The van der Waals surface area contributed by atoms with Crippen LogP contribution in [0.2, 0.25) is 0 Å². The zero-order valence-corrected chi connectivity index (χ0v) is 10.8. The minimum atomic E-state index is 0. The van der Waals surface area contributed by atoms with Crippen LogP contribution < -0.4 is 29.6 Å². The van der Waals surface area contributed by atoms with Crippen LogP contribution in [0.3, 0.4) is 0 Å². The summed E-state index contributed by atoms with van der Waals surface area (Å²) < 4.78 is 8.39. The van der Waals surface area contributed by atoms with Gasteiger partial charge in [0.25, 0.3) is 0 Å². The fourth-order valence-electron chi connectivity index (χ4n) is 0. The van der Waals surface area contributed by atoms with E-state index in [1.807, 2.05) is 0 Å². The molecule has 0 saturated carbocycles. The fourth-order valence-corrected chi connectivity index (χ4v) is 0. The molecule has 0 radical (unpaired) electrons. The van der Waals surface area contributed by atoms with Gasteiger partial charge in [-0.15, -0.1) is 0 Å². The van der Waals surface area contributed by atoms with Crippen molar-refractivity contribution >= 4 is 24.7 Å². The Morgan fingerprint density at radius 3 is 0.667 bits per heavy atom. The molecular weight excluding hydrogens is 344 g/mol. The Morgan fingerprint density at radius 1 is 0.667 bits per heavy atom. The molecule has 0 aromatic rings. The number of rotatable bonds is 0. The van der Waals surface area contributed by atoms with Crippen molar-refractivity contribution in [3.05, 3.63) is 0 Å². The van der Waals surface area contributed by atoms with Crippen molar-refractivity contribution in [2.45, 2.75) is 0 Å². The fraction of sp³-hybridized carbons (Fsp3) is 0. The van der Waals surface area contributed by atoms with Crippen LogP contribution in [0.15, 0.2) is 0 Å². The Morgan fingerprint density at radius 2 is 0.667 bits per heavy atom. The molecule has 0 aliphatic heterocycles. The summed E-state index contributed by atoms with van der Waals surface area (Å²) >= 11 is 0.0556. The molecule has 0 saturated heterocycles. The van der Waals surface area contributed by atoms with Crippen LogP contribution in [0, 0.1) is 0 Å². The minimum absolute atomic E-state index is 0. The topological polar surface area (TPSA) is 206 Å². The zero-order chi connectivity index (χ0) is 2.00. The Bertz CT molecular complexity index is 13.6. The van der Waals surface area contributed by atoms with E-state index in [4.69, 9.17) is 2.81 Å². The standard InChI is InChI=1S/Bi.Na.6H2O.O.2H/h;;6*1H2;;;/q;+1;;;;;;;;;-1. The predicted octanol–water partition coefficient (Wildman–Crippen LogP) is -8.60. The van der Waals surface area contributed by atoms with Crippen LogP contribution in [0.25, 0.3) is 0 Å². The summed E-state index contributed by atoms with van der Waals surface area (Å²) in [5.74, 6) is 0. The Kier molecular flexibility index (Phi) is 5600. The molecule has 0 fully saturated rings. The Balaban J connectivity index is -0.000000000179. The second kappa shape index (κ2) is 323. The van der Waals surface area contributed by atoms with Crippen molar-refractivity contribution in [3.8, 4) is 0 Å². The molecule has 0 aromatic heterocycles. The third-order valence-corrected chi connectivity index (χ3v) is 0. The molecule has 0 bridgehead atoms. The summed E-state index contributed by atoms with van der Waals surface area (Å²) in [4.78, 5) is 0. The monoisotopic (exact) mass is 358 g/mol. The van der Waals surface area contributed by atoms with Gasteiger partial charge >= 0.3 is 57.1 Å². The van der Waals surface area contributed by atoms with E-state index in [0.29, 0.717) is 0 Å². The van der Waals surface area contributed by atoms with Crippen molar-refractivity contribution in [1.82, 2.24) is 0 Å². The number of hydrogen-bond acceptors (Lipinski definition) is 1. The van der Waals surface area contributed by atoms with Gasteiger partial charge in [0.1, 0.15) is 0 Å². The van der Waals surface area contributed by atoms with Gasteiger partial charge in [-0.1, -0.05) is 0 Å². The second-order valence-corrected chi connectivity index (χ2v) is 0. The third kappa shape index (κ3) is 251. The quantitative estimate of drug-likeness (QED) is 0.380. The maximum absolute atomic E-state index is 8.39. The Labute approximate surface area is 90.7 Å². The van der Waals surface area contributed by atoms with Crippen LogP contribution in [0.1, 0.15) is 1.43 Å². The van der Waals surface area contributed by atoms with Crippen LogP contribution in [-0.4, -0.2) is 57.6 Å². The van der Waals surface area contributed by atoms with Gasteiger partial charge in [-0.05, 0) is 0 Å². The Hall–Kier alpha value is 1.44. The molecule has 0 spiro atoms. The van der Waals surface area contributed by atoms with Crippen molar-refractivity contribution in [1.29, 1.82) is 0 Å². The van der Waals surface area contributed by atoms with Crippen LogP contribution in [0.4, 0.5) is 0 Å². The van der Waals surface area contributed by atoms with E-state index in [9.17, 15) is 0 Å². The van der Waals surface area contributed by atoms with E-state index < -0.39 is 0 Å². The molecule has 0 aromatic carbocycles. The molecule has 0 heterocycles. The van der Waals surface area contributed by atoms with E-state index >= 15 is 0 Å². The van der Waals surface area contributed by atoms with Gasteiger partial charge in [-0.2, -0.15) is 0 Å². The van der Waals surface area contributed by atoms with E-state index in [2.05, 4.69) is 0 Å². The predicted molar refractivity (Wildman–Crippen MR) is 30.6 cm³/mol. The molecule has 7 nitrogen and oxygen atoms in total. The summed E-state index contributed by atoms with van der Waals surface area (Å²) in [6, 6.07) is 0. The first-order valence-electron chi connectivity index (χ1n) is 0.204. The van der Waals surface area contributed by atoms with E-state index in [1.165, 1.54) is 0 Å². The molecule has 9 heavy (non-hydrogen) atoms. The van der Waals surface area contributed by atoms with Gasteiger partial charge in [0, 0.05) is 0 Å². The summed E-state index contributed by atoms with van der Waals surface area (Å²) in [7, 11) is 0. The molecule has 12 N–H and O–H groups in total. The molecule has 0 aliphatic rings. The van der Waals surface area contributed by atoms with Crippen molar-refractivity contribution in [2.75, 3.05) is 0 Å². The summed E-state index contributed by atoms with van der Waals surface area (Å²) in [6.45, 7) is 0. The molecular formula is H14BiNaO7. The van der Waals surface area contributed by atoms with Crippen molar-refractivity contribution < 1.29 is 66.7 Å². The molecule has 62 valence electrons. The van der Waals surface area contributed by atoms with Gasteiger partial charge in [0.15, 0.2) is 0 Å². The molecule has 0 atom stereocenters. The van der Waals surface area contributed by atoms with Gasteiger partial charge in [0.05, 0.1) is 0 Å². The van der Waals surface area contributed by atoms with Crippen LogP contribution >= 0.6 is 0 Å². The molecule has 9 heteroatoms. The van der Waals surface area contributed by atoms with Gasteiger partial charge in [-0.25, -0.2) is 0 Å². The van der Waals surface area contributed by atoms with E-state index in [1.54, 1.807) is 0 Å². The summed E-state index contributed by atoms with van der Waals surface area (Å²) in [5.41, 5.74) is 0. The normalized spacial score (nSPS) is 0.444. The summed E-state index contributed by atoms with van der Waals surface area (Å²) in [6.07, 6.45) is 0. The van der Waals surface area contributed by atoms with Gasteiger partial charge < -0.3 is 34.3 Å².